The Hall–Kier alpha value is -2.95. The van der Waals surface area contributed by atoms with Gasteiger partial charge in [0.1, 0.15) is 0 Å². The summed E-state index contributed by atoms with van der Waals surface area (Å²) < 4.78 is 88.6. The lowest BCUT2D eigenvalue weighted by Crippen LogP contribution is -2.37. The van der Waals surface area contributed by atoms with Gasteiger partial charge in [-0.05, 0) is 41.2 Å². The smallest absolute Gasteiger partial charge is 0.340 e. The lowest BCUT2D eigenvalue weighted by molar-refractivity contribution is -0.223. The van der Waals surface area contributed by atoms with E-state index in [1.165, 1.54) is 26.8 Å². The first-order chi connectivity index (χ1) is 16.2. The Kier molecular flexibility index (Phi) is 6.80. The lowest BCUT2D eigenvalue weighted by atomic mass is 9.76. The molecule has 0 fully saturated rings. The summed E-state index contributed by atoms with van der Waals surface area (Å²) in [5, 5.41) is 19.5. The third-order valence-corrected chi connectivity index (χ3v) is 8.30. The first kappa shape index (κ1) is 26.7. The number of sulfone groups is 1. The summed E-state index contributed by atoms with van der Waals surface area (Å²) in [5.41, 5.74) is -4.21. The van der Waals surface area contributed by atoms with Crippen molar-refractivity contribution in [2.24, 2.45) is 5.92 Å². The van der Waals surface area contributed by atoms with Crippen LogP contribution >= 0.6 is 0 Å². The SMILES string of the molecule is CCc1c(S(=O)(=O)CC)cc2c(c1CC)C(F)(F)C(F)(F)c1ccccc1C2C(C(=O)O)C(=O)O. The number of hydrogen-bond acceptors (Lipinski definition) is 4. The van der Waals surface area contributed by atoms with E-state index in [1.54, 1.807) is 0 Å². The van der Waals surface area contributed by atoms with Gasteiger partial charge in [-0.25, -0.2) is 8.42 Å². The zero-order valence-electron chi connectivity index (χ0n) is 19.1. The van der Waals surface area contributed by atoms with Crippen molar-refractivity contribution in [3.05, 3.63) is 63.7 Å². The van der Waals surface area contributed by atoms with E-state index in [4.69, 9.17) is 0 Å². The van der Waals surface area contributed by atoms with E-state index in [1.807, 2.05) is 0 Å². The van der Waals surface area contributed by atoms with Gasteiger partial charge >= 0.3 is 23.8 Å². The zero-order chi connectivity index (χ0) is 26.5. The van der Waals surface area contributed by atoms with Gasteiger partial charge in [-0.2, -0.15) is 17.6 Å². The van der Waals surface area contributed by atoms with Crippen LogP contribution in [-0.2, 0) is 44.1 Å². The van der Waals surface area contributed by atoms with Crippen LogP contribution in [0.5, 0.6) is 0 Å². The normalized spacial score (nSPS) is 18.5. The summed E-state index contributed by atoms with van der Waals surface area (Å²) in [6.45, 7) is 4.20. The average molecular weight is 517 g/mol. The van der Waals surface area contributed by atoms with E-state index in [0.717, 1.165) is 18.2 Å². The molecule has 0 bridgehead atoms. The fraction of sp³-hybridized carbons (Fsp3) is 0.417. The highest BCUT2D eigenvalue weighted by molar-refractivity contribution is 7.91. The number of carboxylic acids is 2. The molecule has 0 aliphatic heterocycles. The lowest BCUT2D eigenvalue weighted by Gasteiger charge is -2.30. The van der Waals surface area contributed by atoms with Gasteiger partial charge in [-0.1, -0.05) is 45.0 Å². The van der Waals surface area contributed by atoms with Crippen molar-refractivity contribution >= 4 is 21.8 Å². The maximum absolute atomic E-state index is 15.8. The zero-order valence-corrected chi connectivity index (χ0v) is 19.9. The Morgan fingerprint density at radius 2 is 1.46 bits per heavy atom. The van der Waals surface area contributed by atoms with Crippen molar-refractivity contribution in [3.8, 4) is 0 Å². The van der Waals surface area contributed by atoms with Crippen LogP contribution in [0, 0.1) is 5.92 Å². The Bertz CT molecular complexity index is 1290. The number of hydrogen-bond donors (Lipinski definition) is 2. The standard InChI is InChI=1S/C24H24F4O6S/c1-4-12-13(5-2)20-15(11-17(12)35(33,34)6-3)18(19(21(29)30)22(31)32)14-9-7-8-10-16(14)23(25,26)24(20,27)28/h7-11,18-19H,4-6H2,1-3H3,(H,29,30)(H,31,32). The Labute approximate surface area is 199 Å². The molecule has 2 aromatic rings. The minimum absolute atomic E-state index is 0.0736. The van der Waals surface area contributed by atoms with Gasteiger partial charge in [0.25, 0.3) is 0 Å². The molecule has 1 atom stereocenters. The molecule has 11 heteroatoms. The molecule has 1 aliphatic carbocycles. The van der Waals surface area contributed by atoms with Crippen LogP contribution in [0.2, 0.25) is 0 Å². The van der Waals surface area contributed by atoms with Crippen LogP contribution in [0.1, 0.15) is 60.1 Å². The number of carboxylic acid groups (broad SMARTS) is 2. The molecule has 35 heavy (non-hydrogen) atoms. The molecular formula is C24H24F4O6S. The van der Waals surface area contributed by atoms with Gasteiger partial charge in [0.15, 0.2) is 15.8 Å². The molecule has 0 radical (unpaired) electrons. The topological polar surface area (TPSA) is 109 Å². The monoisotopic (exact) mass is 516 g/mol. The Morgan fingerprint density at radius 1 is 0.914 bits per heavy atom. The maximum atomic E-state index is 15.8. The summed E-state index contributed by atoms with van der Waals surface area (Å²) in [6, 6.07) is 4.74. The van der Waals surface area contributed by atoms with E-state index < -0.39 is 78.4 Å². The predicted molar refractivity (Wildman–Crippen MR) is 118 cm³/mol. The van der Waals surface area contributed by atoms with Gasteiger partial charge in [-0.3, -0.25) is 9.59 Å². The van der Waals surface area contributed by atoms with Crippen LogP contribution in [0.3, 0.4) is 0 Å². The Morgan fingerprint density at radius 3 is 1.94 bits per heavy atom. The van der Waals surface area contributed by atoms with Crippen molar-refractivity contribution in [1.29, 1.82) is 0 Å². The first-order valence-electron chi connectivity index (χ1n) is 10.9. The van der Waals surface area contributed by atoms with Crippen molar-refractivity contribution in [2.45, 2.75) is 56.3 Å². The number of carbonyl (C=O) groups is 2. The number of rotatable bonds is 7. The minimum Gasteiger partial charge on any atom is -0.481 e. The molecule has 190 valence electrons. The second-order valence-electron chi connectivity index (χ2n) is 8.27. The maximum Gasteiger partial charge on any atom is 0.340 e. The van der Waals surface area contributed by atoms with E-state index in [-0.39, 0.29) is 24.0 Å². The van der Waals surface area contributed by atoms with Gasteiger partial charge < -0.3 is 10.2 Å². The molecule has 0 saturated heterocycles. The van der Waals surface area contributed by atoms with Crippen LogP contribution in [0.25, 0.3) is 0 Å². The molecule has 0 amide bonds. The molecule has 0 saturated carbocycles. The van der Waals surface area contributed by atoms with Gasteiger partial charge in [0, 0.05) is 17.0 Å². The fourth-order valence-electron chi connectivity index (χ4n) is 4.90. The molecule has 1 aliphatic rings. The van der Waals surface area contributed by atoms with Crippen LogP contribution in [0.15, 0.2) is 35.2 Å². The highest BCUT2D eigenvalue weighted by atomic mass is 32.2. The largest absolute Gasteiger partial charge is 0.481 e. The highest BCUT2D eigenvalue weighted by Crippen LogP contribution is 2.59. The van der Waals surface area contributed by atoms with Crippen molar-refractivity contribution in [3.63, 3.8) is 0 Å². The third-order valence-electron chi connectivity index (χ3n) is 6.50. The number of halogens is 4. The molecule has 6 nitrogen and oxygen atoms in total. The fourth-order valence-corrected chi connectivity index (χ4v) is 6.16. The predicted octanol–water partition coefficient (Wildman–Crippen LogP) is 4.72. The highest BCUT2D eigenvalue weighted by Gasteiger charge is 2.64. The van der Waals surface area contributed by atoms with Crippen molar-refractivity contribution in [2.75, 3.05) is 5.75 Å². The Balaban J connectivity index is 2.70. The number of benzene rings is 2. The van der Waals surface area contributed by atoms with Gasteiger partial charge in [0.05, 0.1) is 10.6 Å². The summed E-state index contributed by atoms with van der Waals surface area (Å²) in [7, 11) is -4.08. The van der Waals surface area contributed by atoms with Crippen molar-refractivity contribution in [1.82, 2.24) is 0 Å². The van der Waals surface area contributed by atoms with Crippen LogP contribution in [-0.4, -0.2) is 36.3 Å². The number of alkyl halides is 4. The molecule has 3 rings (SSSR count). The average Bonchev–Trinajstić information content (AvgIpc) is 2.84. The summed E-state index contributed by atoms with van der Waals surface area (Å²) in [6.07, 6.45) is -0.344. The van der Waals surface area contributed by atoms with E-state index >= 15 is 17.6 Å². The van der Waals surface area contributed by atoms with Gasteiger partial charge in [-0.15, -0.1) is 0 Å². The second-order valence-corrected chi connectivity index (χ2v) is 10.5. The molecule has 2 aromatic carbocycles. The molecule has 1 unspecified atom stereocenters. The number of aliphatic carboxylic acids is 2. The van der Waals surface area contributed by atoms with Crippen molar-refractivity contribution < 1.29 is 45.8 Å². The summed E-state index contributed by atoms with van der Waals surface area (Å²) in [5.74, 6) is -18.5. The summed E-state index contributed by atoms with van der Waals surface area (Å²) in [4.78, 5) is 23.7. The molecule has 0 heterocycles. The quantitative estimate of drug-likeness (QED) is 0.407. The van der Waals surface area contributed by atoms with E-state index in [9.17, 15) is 28.2 Å². The molecule has 0 aromatic heterocycles. The second kappa shape index (κ2) is 8.92. The van der Waals surface area contributed by atoms with E-state index in [0.29, 0.717) is 6.07 Å². The summed E-state index contributed by atoms with van der Waals surface area (Å²) >= 11 is 0. The van der Waals surface area contributed by atoms with Gasteiger partial charge in [0.2, 0.25) is 0 Å². The minimum atomic E-state index is -4.89. The molecule has 2 N–H and O–H groups in total. The first-order valence-corrected chi connectivity index (χ1v) is 12.6. The number of fused-ring (bicyclic) bond motifs is 2. The molecular weight excluding hydrogens is 492 g/mol. The van der Waals surface area contributed by atoms with E-state index in [2.05, 4.69) is 0 Å². The van der Waals surface area contributed by atoms with Crippen LogP contribution < -0.4 is 0 Å². The third kappa shape index (κ3) is 3.89. The molecule has 0 spiro atoms. The van der Waals surface area contributed by atoms with Crippen LogP contribution in [0.4, 0.5) is 17.6 Å².